The van der Waals surface area contributed by atoms with Crippen molar-refractivity contribution >= 4 is 0 Å². The van der Waals surface area contributed by atoms with Crippen LogP contribution in [0.25, 0.3) is 0 Å². The largest absolute Gasteiger partial charge is 0.472 e. The third kappa shape index (κ3) is 2.17. The fourth-order valence-electron chi connectivity index (χ4n) is 1.74. The van der Waals surface area contributed by atoms with Crippen molar-refractivity contribution in [2.24, 2.45) is 7.05 Å². The molecule has 0 bridgehead atoms. The van der Waals surface area contributed by atoms with Gasteiger partial charge in [0.2, 0.25) is 0 Å². The number of imidazole rings is 1. The van der Waals surface area contributed by atoms with E-state index in [2.05, 4.69) is 17.2 Å². The first-order valence-electron chi connectivity index (χ1n) is 5.55. The molecule has 2 aromatic rings. The Morgan fingerprint density at radius 2 is 2.44 bits per heavy atom. The number of hydrogen-bond donors (Lipinski definition) is 1. The first kappa shape index (κ1) is 11.0. The molecule has 0 amide bonds. The van der Waals surface area contributed by atoms with Gasteiger partial charge in [-0.3, -0.25) is 0 Å². The van der Waals surface area contributed by atoms with Gasteiger partial charge in [0.1, 0.15) is 5.82 Å². The molecule has 0 aliphatic heterocycles. The van der Waals surface area contributed by atoms with Crippen molar-refractivity contribution in [3.63, 3.8) is 0 Å². The van der Waals surface area contributed by atoms with Crippen molar-refractivity contribution in [3.05, 3.63) is 42.4 Å². The molecule has 0 fully saturated rings. The molecule has 4 nitrogen and oxygen atoms in total. The van der Waals surface area contributed by atoms with E-state index in [-0.39, 0.29) is 6.04 Å². The Kier molecular flexibility index (Phi) is 3.41. The van der Waals surface area contributed by atoms with Crippen molar-refractivity contribution in [2.45, 2.75) is 19.4 Å². The van der Waals surface area contributed by atoms with Crippen molar-refractivity contribution in [1.82, 2.24) is 14.9 Å². The number of rotatable bonds is 5. The van der Waals surface area contributed by atoms with E-state index in [0.717, 1.165) is 24.4 Å². The normalized spacial score (nSPS) is 12.9. The lowest BCUT2D eigenvalue weighted by Crippen LogP contribution is -2.25. The highest BCUT2D eigenvalue weighted by molar-refractivity contribution is 5.20. The zero-order valence-electron chi connectivity index (χ0n) is 9.68. The van der Waals surface area contributed by atoms with Gasteiger partial charge in [-0.1, -0.05) is 6.92 Å². The summed E-state index contributed by atoms with van der Waals surface area (Å²) in [6, 6.07) is 2.08. The fraction of sp³-hybridized carbons (Fsp3) is 0.417. The van der Waals surface area contributed by atoms with Gasteiger partial charge in [0.05, 0.1) is 18.6 Å². The summed E-state index contributed by atoms with van der Waals surface area (Å²) in [7, 11) is 2.00. The van der Waals surface area contributed by atoms with Crippen molar-refractivity contribution < 1.29 is 4.42 Å². The van der Waals surface area contributed by atoms with Crippen LogP contribution in [0.15, 0.2) is 35.4 Å². The minimum atomic E-state index is 0.110. The smallest absolute Gasteiger partial charge is 0.130 e. The molecule has 16 heavy (non-hydrogen) atoms. The van der Waals surface area contributed by atoms with E-state index < -0.39 is 0 Å². The van der Waals surface area contributed by atoms with Gasteiger partial charge in [0.15, 0.2) is 0 Å². The van der Waals surface area contributed by atoms with Gasteiger partial charge in [-0.2, -0.15) is 0 Å². The lowest BCUT2D eigenvalue weighted by atomic mass is 10.1. The van der Waals surface area contributed by atoms with E-state index >= 15 is 0 Å². The summed E-state index contributed by atoms with van der Waals surface area (Å²) >= 11 is 0. The first-order valence-corrected chi connectivity index (χ1v) is 5.55. The molecule has 1 N–H and O–H groups in total. The second-order valence-corrected chi connectivity index (χ2v) is 3.84. The Labute approximate surface area is 95.3 Å². The van der Waals surface area contributed by atoms with Gasteiger partial charge in [0.25, 0.3) is 0 Å². The maximum absolute atomic E-state index is 5.14. The zero-order chi connectivity index (χ0) is 11.4. The lowest BCUT2D eigenvalue weighted by Gasteiger charge is -2.16. The number of furan rings is 1. The van der Waals surface area contributed by atoms with E-state index in [9.17, 15) is 0 Å². The van der Waals surface area contributed by atoms with Crippen LogP contribution in [0.4, 0.5) is 0 Å². The van der Waals surface area contributed by atoms with E-state index in [4.69, 9.17) is 4.42 Å². The summed E-state index contributed by atoms with van der Waals surface area (Å²) in [4.78, 5) is 4.38. The first-order chi connectivity index (χ1) is 7.83. The molecule has 2 rings (SSSR count). The Bertz CT molecular complexity index is 419. The molecule has 0 aliphatic rings. The molecule has 0 saturated carbocycles. The van der Waals surface area contributed by atoms with Crippen LogP contribution in [-0.4, -0.2) is 16.1 Å². The number of hydrogen-bond acceptors (Lipinski definition) is 3. The van der Waals surface area contributed by atoms with Crippen LogP contribution in [0.3, 0.4) is 0 Å². The minimum Gasteiger partial charge on any atom is -0.472 e. The topological polar surface area (TPSA) is 43.0 Å². The monoisotopic (exact) mass is 219 g/mol. The van der Waals surface area contributed by atoms with Gasteiger partial charge in [-0.25, -0.2) is 4.98 Å². The molecule has 2 heterocycles. The fourth-order valence-corrected chi connectivity index (χ4v) is 1.74. The summed E-state index contributed by atoms with van der Waals surface area (Å²) in [5.41, 5.74) is 1.11. The molecule has 4 heteroatoms. The van der Waals surface area contributed by atoms with Gasteiger partial charge in [0, 0.05) is 25.0 Å². The summed E-state index contributed by atoms with van der Waals surface area (Å²) in [6.45, 7) is 3.11. The molecule has 86 valence electrons. The van der Waals surface area contributed by atoms with Crippen molar-refractivity contribution in [3.8, 4) is 0 Å². The minimum absolute atomic E-state index is 0.110. The molecule has 2 aromatic heterocycles. The Morgan fingerprint density at radius 1 is 1.56 bits per heavy atom. The standard InChI is InChI=1S/C12H17N3O/c1-3-5-13-11(10-4-8-16-9-10)12-14-6-7-15(12)2/h4,6-9,11,13H,3,5H2,1-2H3. The van der Waals surface area contributed by atoms with Crippen molar-refractivity contribution in [1.29, 1.82) is 0 Å². The molecular weight excluding hydrogens is 202 g/mol. The Balaban J connectivity index is 2.25. The molecule has 0 aliphatic carbocycles. The molecule has 1 atom stereocenters. The van der Waals surface area contributed by atoms with E-state index in [1.165, 1.54) is 0 Å². The molecule has 0 radical (unpaired) electrons. The number of nitrogens with one attached hydrogen (secondary N) is 1. The number of aromatic nitrogens is 2. The van der Waals surface area contributed by atoms with Gasteiger partial charge < -0.3 is 14.3 Å². The maximum atomic E-state index is 5.14. The Hall–Kier alpha value is -1.55. The third-order valence-corrected chi connectivity index (χ3v) is 2.59. The number of aryl methyl sites for hydroxylation is 1. The SMILES string of the molecule is CCCNC(c1ccoc1)c1nccn1C. The van der Waals surface area contributed by atoms with Gasteiger partial charge in [-0.15, -0.1) is 0 Å². The molecule has 0 saturated heterocycles. The van der Waals surface area contributed by atoms with Crippen LogP contribution in [0.2, 0.25) is 0 Å². The average Bonchev–Trinajstić information content (AvgIpc) is 2.91. The molecule has 1 unspecified atom stereocenters. The van der Waals surface area contributed by atoms with Crippen LogP contribution in [0.5, 0.6) is 0 Å². The summed E-state index contributed by atoms with van der Waals surface area (Å²) in [5.74, 6) is 1.01. The van der Waals surface area contributed by atoms with Crippen LogP contribution >= 0.6 is 0 Å². The quantitative estimate of drug-likeness (QED) is 0.837. The van der Waals surface area contributed by atoms with E-state index in [0.29, 0.717) is 0 Å². The van der Waals surface area contributed by atoms with Crippen LogP contribution in [0, 0.1) is 0 Å². The average molecular weight is 219 g/mol. The van der Waals surface area contributed by atoms with Gasteiger partial charge in [-0.05, 0) is 19.0 Å². The highest BCUT2D eigenvalue weighted by Crippen LogP contribution is 2.20. The summed E-state index contributed by atoms with van der Waals surface area (Å²) < 4.78 is 7.16. The highest BCUT2D eigenvalue weighted by Gasteiger charge is 2.18. The van der Waals surface area contributed by atoms with Crippen molar-refractivity contribution in [2.75, 3.05) is 6.54 Å². The highest BCUT2D eigenvalue weighted by atomic mass is 16.3. The Morgan fingerprint density at radius 3 is 3.00 bits per heavy atom. The predicted octanol–water partition coefficient (Wildman–Crippen LogP) is 2.10. The third-order valence-electron chi connectivity index (χ3n) is 2.59. The van der Waals surface area contributed by atoms with Crippen LogP contribution < -0.4 is 5.32 Å². The van der Waals surface area contributed by atoms with E-state index in [1.54, 1.807) is 12.5 Å². The van der Waals surface area contributed by atoms with Gasteiger partial charge >= 0.3 is 0 Å². The summed E-state index contributed by atoms with van der Waals surface area (Å²) in [6.07, 6.45) is 8.33. The van der Waals surface area contributed by atoms with Crippen LogP contribution in [0.1, 0.15) is 30.8 Å². The second kappa shape index (κ2) is 4.99. The molecular formula is C12H17N3O. The molecule has 0 aromatic carbocycles. The summed E-state index contributed by atoms with van der Waals surface area (Å²) in [5, 5.41) is 3.47. The number of nitrogens with zero attached hydrogens (tertiary/aromatic N) is 2. The van der Waals surface area contributed by atoms with E-state index in [1.807, 2.05) is 30.1 Å². The predicted molar refractivity (Wildman–Crippen MR) is 62.1 cm³/mol. The lowest BCUT2D eigenvalue weighted by molar-refractivity contribution is 0.531. The maximum Gasteiger partial charge on any atom is 0.130 e. The molecule has 0 spiro atoms. The van der Waals surface area contributed by atoms with Crippen LogP contribution in [-0.2, 0) is 7.05 Å². The second-order valence-electron chi connectivity index (χ2n) is 3.84. The zero-order valence-corrected chi connectivity index (χ0v) is 9.68.